The number of benzene rings is 1. The summed E-state index contributed by atoms with van der Waals surface area (Å²) >= 11 is 2.93. The van der Waals surface area contributed by atoms with Crippen molar-refractivity contribution in [3.8, 4) is 12.3 Å². The van der Waals surface area contributed by atoms with Crippen LogP contribution in [0.3, 0.4) is 0 Å². The second-order valence-corrected chi connectivity index (χ2v) is 6.20. The highest BCUT2D eigenvalue weighted by Gasteiger charge is 2.25. The number of nitrogens with zero attached hydrogens (tertiary/aromatic N) is 1. The predicted molar refractivity (Wildman–Crippen MR) is 71.8 cm³/mol. The van der Waals surface area contributed by atoms with Crippen molar-refractivity contribution in [2.24, 2.45) is 0 Å². The Kier molecular flexibility index (Phi) is 4.73. The molecule has 2 N–H and O–H groups in total. The first-order valence-corrected chi connectivity index (χ1v) is 7.26. The van der Waals surface area contributed by atoms with Crippen LogP contribution in [0.2, 0.25) is 0 Å². The van der Waals surface area contributed by atoms with Crippen LogP contribution in [-0.2, 0) is 10.0 Å². The molecule has 0 aliphatic heterocycles. The minimum atomic E-state index is -3.81. The fourth-order valence-corrected chi connectivity index (χ4v) is 3.36. The van der Waals surface area contributed by atoms with Crippen LogP contribution >= 0.6 is 15.9 Å². The van der Waals surface area contributed by atoms with E-state index in [1.807, 2.05) is 0 Å². The Bertz CT molecular complexity index is 596. The van der Waals surface area contributed by atoms with Crippen molar-refractivity contribution in [3.63, 3.8) is 0 Å². The van der Waals surface area contributed by atoms with Crippen LogP contribution in [0.1, 0.15) is 6.92 Å². The molecule has 4 nitrogen and oxygen atoms in total. The molecule has 18 heavy (non-hydrogen) atoms. The zero-order valence-corrected chi connectivity index (χ0v) is 12.1. The van der Waals surface area contributed by atoms with Gasteiger partial charge in [0.2, 0.25) is 10.0 Å². The molecule has 1 aromatic rings. The fraction of sp³-hybridized carbons (Fsp3) is 0.273. The van der Waals surface area contributed by atoms with E-state index in [1.165, 1.54) is 0 Å². The summed E-state index contributed by atoms with van der Waals surface area (Å²) in [6.45, 7) is 1.80. The van der Waals surface area contributed by atoms with E-state index in [2.05, 4.69) is 21.9 Å². The van der Waals surface area contributed by atoms with Crippen molar-refractivity contribution in [2.75, 3.05) is 18.8 Å². The molecule has 0 bridgehead atoms. The average Bonchev–Trinajstić information content (AvgIpc) is 2.30. The minimum Gasteiger partial charge on any atom is -0.398 e. The molecule has 0 aliphatic carbocycles. The summed E-state index contributed by atoms with van der Waals surface area (Å²) in [4.78, 5) is -0.159. The number of hydrogen-bond acceptors (Lipinski definition) is 3. The summed E-state index contributed by atoms with van der Waals surface area (Å²) in [6, 6.07) is 2.10. The van der Waals surface area contributed by atoms with Crippen molar-refractivity contribution in [2.45, 2.75) is 11.8 Å². The summed E-state index contributed by atoms with van der Waals surface area (Å²) < 4.78 is 38.8. The minimum absolute atomic E-state index is 0.0343. The molecule has 98 valence electrons. The molecule has 0 amide bonds. The van der Waals surface area contributed by atoms with Gasteiger partial charge in [-0.1, -0.05) is 12.8 Å². The Morgan fingerprint density at radius 3 is 2.67 bits per heavy atom. The number of sulfonamides is 1. The Labute approximate surface area is 114 Å². The number of terminal acetylenes is 1. The molecule has 0 saturated carbocycles. The molecule has 0 saturated heterocycles. The van der Waals surface area contributed by atoms with E-state index in [0.29, 0.717) is 0 Å². The smallest absolute Gasteiger partial charge is 0.246 e. The van der Waals surface area contributed by atoms with Gasteiger partial charge in [0.05, 0.1) is 16.7 Å². The number of halogens is 2. The standard InChI is InChI=1S/C11H12BrFN2O2S/c1-3-5-15(4-2)18(16,17)11-6-8(12)9(13)7-10(11)14/h1,6-7H,4-5,14H2,2H3. The van der Waals surface area contributed by atoms with Crippen LogP contribution < -0.4 is 5.73 Å². The van der Waals surface area contributed by atoms with Gasteiger partial charge < -0.3 is 5.73 Å². The number of anilines is 1. The Morgan fingerprint density at radius 1 is 1.56 bits per heavy atom. The second kappa shape index (κ2) is 5.69. The largest absolute Gasteiger partial charge is 0.398 e. The lowest BCUT2D eigenvalue weighted by Gasteiger charge is -2.19. The van der Waals surface area contributed by atoms with Crippen molar-refractivity contribution in [1.29, 1.82) is 0 Å². The Morgan fingerprint density at radius 2 is 2.17 bits per heavy atom. The van der Waals surface area contributed by atoms with Crippen LogP contribution in [0.5, 0.6) is 0 Å². The van der Waals surface area contributed by atoms with Gasteiger partial charge >= 0.3 is 0 Å². The molecule has 1 rings (SSSR count). The van der Waals surface area contributed by atoms with E-state index in [0.717, 1.165) is 16.4 Å². The van der Waals surface area contributed by atoms with Gasteiger partial charge in [-0.05, 0) is 28.1 Å². The van der Waals surface area contributed by atoms with Crippen LogP contribution in [0.15, 0.2) is 21.5 Å². The van der Waals surface area contributed by atoms with E-state index in [-0.39, 0.29) is 28.1 Å². The maximum Gasteiger partial charge on any atom is 0.246 e. The van der Waals surface area contributed by atoms with Gasteiger partial charge in [0.25, 0.3) is 0 Å². The molecule has 0 spiro atoms. The lowest BCUT2D eigenvalue weighted by Crippen LogP contribution is -2.31. The van der Waals surface area contributed by atoms with Gasteiger partial charge in [-0.3, -0.25) is 0 Å². The van der Waals surface area contributed by atoms with E-state index in [1.54, 1.807) is 6.92 Å². The predicted octanol–water partition coefficient (Wildman–Crippen LogP) is 1.81. The Hall–Kier alpha value is -1.10. The zero-order valence-electron chi connectivity index (χ0n) is 9.65. The van der Waals surface area contributed by atoms with Crippen molar-refractivity contribution >= 4 is 31.6 Å². The molecular formula is C11H12BrFN2O2S. The normalized spacial score (nSPS) is 11.5. The molecule has 0 atom stereocenters. The quantitative estimate of drug-likeness (QED) is 0.674. The summed E-state index contributed by atoms with van der Waals surface area (Å²) in [5.41, 5.74) is 5.40. The second-order valence-electron chi connectivity index (χ2n) is 3.44. The van der Waals surface area contributed by atoms with Gasteiger partial charge in [0.15, 0.2) is 0 Å². The Balaban J connectivity index is 3.37. The number of nitrogens with two attached hydrogens (primary N) is 1. The molecule has 0 heterocycles. The summed E-state index contributed by atoms with van der Waals surface area (Å²) in [6.07, 6.45) is 5.12. The van der Waals surface area contributed by atoms with Gasteiger partial charge in [0.1, 0.15) is 10.7 Å². The van der Waals surface area contributed by atoms with Crippen LogP contribution in [0.4, 0.5) is 10.1 Å². The van der Waals surface area contributed by atoms with Crippen LogP contribution in [0, 0.1) is 18.2 Å². The molecule has 1 aromatic carbocycles. The molecule has 0 aromatic heterocycles. The van der Waals surface area contributed by atoms with Gasteiger partial charge in [-0.2, -0.15) is 4.31 Å². The van der Waals surface area contributed by atoms with Crippen LogP contribution in [0.25, 0.3) is 0 Å². The van der Waals surface area contributed by atoms with Crippen molar-refractivity contribution in [1.82, 2.24) is 4.31 Å². The fourth-order valence-electron chi connectivity index (χ4n) is 1.38. The third-order valence-electron chi connectivity index (χ3n) is 2.29. The third kappa shape index (κ3) is 2.83. The van der Waals surface area contributed by atoms with Gasteiger partial charge in [-0.25, -0.2) is 12.8 Å². The number of hydrogen-bond donors (Lipinski definition) is 1. The van der Waals surface area contributed by atoms with Crippen LogP contribution in [-0.4, -0.2) is 25.8 Å². The lowest BCUT2D eigenvalue weighted by atomic mass is 10.3. The summed E-state index contributed by atoms with van der Waals surface area (Å²) in [5.74, 6) is 1.64. The topological polar surface area (TPSA) is 63.4 Å². The number of rotatable bonds is 4. The van der Waals surface area contributed by atoms with Crippen molar-refractivity contribution in [3.05, 3.63) is 22.4 Å². The molecule has 0 fully saturated rings. The SMILES string of the molecule is C#CCN(CC)S(=O)(=O)c1cc(Br)c(F)cc1N. The van der Waals surface area contributed by atoms with E-state index >= 15 is 0 Å². The highest BCUT2D eigenvalue weighted by atomic mass is 79.9. The van der Waals surface area contributed by atoms with E-state index in [4.69, 9.17) is 12.2 Å². The summed E-state index contributed by atoms with van der Waals surface area (Å²) in [7, 11) is -3.81. The monoisotopic (exact) mass is 334 g/mol. The molecule has 0 radical (unpaired) electrons. The average molecular weight is 335 g/mol. The zero-order chi connectivity index (χ0) is 13.9. The van der Waals surface area contributed by atoms with Crippen molar-refractivity contribution < 1.29 is 12.8 Å². The highest BCUT2D eigenvalue weighted by molar-refractivity contribution is 9.10. The number of nitrogen functional groups attached to an aromatic ring is 1. The highest BCUT2D eigenvalue weighted by Crippen LogP contribution is 2.28. The third-order valence-corrected chi connectivity index (χ3v) is 4.88. The van der Waals surface area contributed by atoms with E-state index in [9.17, 15) is 12.8 Å². The lowest BCUT2D eigenvalue weighted by molar-refractivity contribution is 0.464. The maximum atomic E-state index is 13.2. The molecule has 0 unspecified atom stereocenters. The molecule has 0 aliphatic rings. The first-order valence-electron chi connectivity index (χ1n) is 5.02. The first-order chi connectivity index (χ1) is 8.34. The van der Waals surface area contributed by atoms with Gasteiger partial charge in [-0.15, -0.1) is 6.42 Å². The maximum absolute atomic E-state index is 13.2. The van der Waals surface area contributed by atoms with Gasteiger partial charge in [0, 0.05) is 6.54 Å². The van der Waals surface area contributed by atoms with E-state index < -0.39 is 15.8 Å². The first kappa shape index (κ1) is 15.0. The molecular weight excluding hydrogens is 323 g/mol. The molecule has 7 heteroatoms. The summed E-state index contributed by atoms with van der Waals surface area (Å²) in [5, 5.41) is 0.